The van der Waals surface area contributed by atoms with Crippen molar-refractivity contribution < 1.29 is 86.9 Å². The van der Waals surface area contributed by atoms with Gasteiger partial charge in [-0.05, 0) is 24.8 Å². The first-order chi connectivity index (χ1) is 16.9. The van der Waals surface area contributed by atoms with Crippen molar-refractivity contribution in [3.63, 3.8) is 0 Å². The summed E-state index contributed by atoms with van der Waals surface area (Å²) in [6.45, 7) is 1.27. The van der Waals surface area contributed by atoms with Crippen molar-refractivity contribution in [3.05, 3.63) is 40.7 Å². The molecule has 0 atom stereocenters. The summed E-state index contributed by atoms with van der Waals surface area (Å²) in [5.74, 6) is -0.715. The van der Waals surface area contributed by atoms with E-state index in [1.807, 2.05) is 12.1 Å². The molecule has 3 N–H and O–H groups in total. The van der Waals surface area contributed by atoms with Crippen molar-refractivity contribution in [2.24, 2.45) is 0 Å². The van der Waals surface area contributed by atoms with E-state index in [9.17, 15) is 24.0 Å². The SMILES string of the molecule is CNC(=O)CCNC(=O)Cc1ccc(C[N-]C(=O)COCCCC(=O)NCCCCCC=O)cc1.[Rb+]. The predicted molar refractivity (Wildman–Crippen MR) is 132 cm³/mol. The third-order valence-electron chi connectivity index (χ3n) is 5.02. The Balaban J connectivity index is 0.0000122. The molecule has 0 bridgehead atoms. The molecule has 1 aromatic rings. The molecular formula is C25H37N4O6Rb. The molecule has 36 heavy (non-hydrogen) atoms. The average molecular weight is 575 g/mol. The second kappa shape index (κ2) is 22.7. The monoisotopic (exact) mass is 574 g/mol. The van der Waals surface area contributed by atoms with Crippen molar-refractivity contribution in [1.29, 1.82) is 0 Å². The van der Waals surface area contributed by atoms with Crippen molar-refractivity contribution in [2.75, 3.05) is 33.4 Å². The van der Waals surface area contributed by atoms with Gasteiger partial charge in [0, 0.05) is 46.0 Å². The number of amides is 4. The third kappa shape index (κ3) is 18.8. The number of ether oxygens (including phenoxy) is 1. The van der Waals surface area contributed by atoms with E-state index < -0.39 is 0 Å². The van der Waals surface area contributed by atoms with Gasteiger partial charge >= 0.3 is 58.2 Å². The molecule has 0 spiro atoms. The number of benzene rings is 1. The number of aldehydes is 1. The second-order valence-corrected chi connectivity index (χ2v) is 8.00. The Morgan fingerprint density at radius 2 is 1.56 bits per heavy atom. The Bertz CT molecular complexity index is 804. The van der Waals surface area contributed by atoms with Crippen LogP contribution in [0.5, 0.6) is 0 Å². The second-order valence-electron chi connectivity index (χ2n) is 8.00. The molecule has 11 heteroatoms. The van der Waals surface area contributed by atoms with E-state index in [0.717, 1.165) is 36.7 Å². The summed E-state index contributed by atoms with van der Waals surface area (Å²) in [7, 11) is 1.55. The number of unbranched alkanes of at least 4 members (excludes halogenated alkanes) is 3. The van der Waals surface area contributed by atoms with E-state index in [0.29, 0.717) is 32.4 Å². The van der Waals surface area contributed by atoms with Crippen LogP contribution in [0.15, 0.2) is 24.3 Å². The molecule has 0 fully saturated rings. The summed E-state index contributed by atoms with van der Waals surface area (Å²) in [5.41, 5.74) is 1.66. The minimum Gasteiger partial charge on any atom is -0.648 e. The first kappa shape index (κ1) is 34.5. The molecule has 1 aromatic carbocycles. The van der Waals surface area contributed by atoms with Crippen LogP contribution in [0.2, 0.25) is 0 Å². The Morgan fingerprint density at radius 1 is 0.861 bits per heavy atom. The summed E-state index contributed by atoms with van der Waals surface area (Å²) in [4.78, 5) is 56.9. The fourth-order valence-corrected chi connectivity index (χ4v) is 3.02. The maximum atomic E-state index is 11.9. The largest absolute Gasteiger partial charge is 1.00 e. The summed E-state index contributed by atoms with van der Waals surface area (Å²) >= 11 is 0. The minimum absolute atomic E-state index is 0. The molecule has 0 saturated heterocycles. The van der Waals surface area contributed by atoms with Crippen LogP contribution in [0.4, 0.5) is 0 Å². The molecule has 4 amide bonds. The summed E-state index contributed by atoms with van der Waals surface area (Å²) in [5, 5.41) is 12.0. The molecule has 194 valence electrons. The molecule has 0 aliphatic heterocycles. The number of hydrogen-bond donors (Lipinski definition) is 3. The number of rotatable bonds is 19. The molecule has 0 radical (unpaired) electrons. The van der Waals surface area contributed by atoms with Gasteiger partial charge in [-0.3, -0.25) is 14.4 Å². The van der Waals surface area contributed by atoms with E-state index in [1.165, 1.54) is 0 Å². The van der Waals surface area contributed by atoms with Crippen LogP contribution >= 0.6 is 0 Å². The van der Waals surface area contributed by atoms with Gasteiger partial charge < -0.3 is 35.6 Å². The third-order valence-corrected chi connectivity index (χ3v) is 5.02. The molecule has 0 aromatic heterocycles. The van der Waals surface area contributed by atoms with E-state index in [4.69, 9.17) is 4.74 Å². The molecule has 10 nitrogen and oxygen atoms in total. The first-order valence-electron chi connectivity index (χ1n) is 12.0. The van der Waals surface area contributed by atoms with Gasteiger partial charge in [-0.2, -0.15) is 0 Å². The molecule has 1 rings (SSSR count). The van der Waals surface area contributed by atoms with Crippen molar-refractivity contribution in [2.45, 2.75) is 57.9 Å². The summed E-state index contributed by atoms with van der Waals surface area (Å²) < 4.78 is 5.30. The van der Waals surface area contributed by atoms with E-state index in [1.54, 1.807) is 19.2 Å². The van der Waals surface area contributed by atoms with Crippen molar-refractivity contribution in [3.8, 4) is 0 Å². The number of carbonyl (C=O) groups excluding carboxylic acids is 5. The standard InChI is InChI=1S/C25H38N4O6.Rb/c1-26-22(31)12-14-28-24(33)17-20-8-10-21(11-9-20)18-29-25(34)19-35-16-6-7-23(32)27-13-4-2-3-5-15-30;/h8-11,15H,2-7,12-14,16-19H2,1H3,(H4,26,27,28,29,31,32,33,34);/q;+1/p-1. The fraction of sp³-hybridized carbons (Fsp3) is 0.560. The zero-order chi connectivity index (χ0) is 25.7. The van der Waals surface area contributed by atoms with E-state index >= 15 is 0 Å². The fourth-order valence-electron chi connectivity index (χ4n) is 3.02. The predicted octanol–water partition coefficient (Wildman–Crippen LogP) is -1.44. The number of nitrogens with one attached hydrogen (secondary N) is 3. The minimum atomic E-state index is -0.371. The topological polar surface area (TPSA) is 145 Å². The molecule has 0 aliphatic rings. The molecule has 0 heterocycles. The van der Waals surface area contributed by atoms with Gasteiger partial charge in [0.2, 0.25) is 17.7 Å². The normalized spacial score (nSPS) is 10.0. The Labute approximate surface area is 262 Å². The van der Waals surface area contributed by atoms with Gasteiger partial charge in [-0.25, -0.2) is 0 Å². The number of carbonyl (C=O) groups is 5. The van der Waals surface area contributed by atoms with Crippen LogP contribution in [-0.2, 0) is 41.7 Å². The van der Waals surface area contributed by atoms with Gasteiger partial charge in [0.1, 0.15) is 6.29 Å². The van der Waals surface area contributed by atoms with E-state index in [-0.39, 0.29) is 114 Å². The van der Waals surface area contributed by atoms with Gasteiger partial charge in [-0.15, -0.1) is 6.54 Å². The Kier molecular flexibility index (Phi) is 21.8. The van der Waals surface area contributed by atoms with Crippen molar-refractivity contribution in [1.82, 2.24) is 16.0 Å². The van der Waals surface area contributed by atoms with Gasteiger partial charge in [-0.1, -0.05) is 36.2 Å². The maximum absolute atomic E-state index is 11.9. The molecule has 0 unspecified atom stereocenters. The van der Waals surface area contributed by atoms with Gasteiger partial charge in [0.25, 0.3) is 0 Å². The summed E-state index contributed by atoms with van der Waals surface area (Å²) in [6, 6.07) is 7.23. The molecular weight excluding hydrogens is 538 g/mol. The van der Waals surface area contributed by atoms with Gasteiger partial charge in [0.05, 0.1) is 18.9 Å². The average Bonchev–Trinajstić information content (AvgIpc) is 2.85. The molecule has 0 aliphatic carbocycles. The first-order valence-corrected chi connectivity index (χ1v) is 12.0. The number of hydrogen-bond acceptors (Lipinski definition) is 6. The quantitative estimate of drug-likeness (QED) is 0.136. The number of nitrogens with zero attached hydrogens (tertiary/aromatic N) is 1. The zero-order valence-electron chi connectivity index (χ0n) is 21.5. The van der Waals surface area contributed by atoms with Crippen LogP contribution in [0, 0.1) is 0 Å². The van der Waals surface area contributed by atoms with Crippen LogP contribution in [0.1, 0.15) is 56.1 Å². The van der Waals surface area contributed by atoms with Crippen LogP contribution in [0.3, 0.4) is 0 Å². The maximum Gasteiger partial charge on any atom is 1.00 e. The Hall–Kier alpha value is -1.46. The van der Waals surface area contributed by atoms with Crippen LogP contribution in [-0.4, -0.2) is 63.3 Å². The smallest absolute Gasteiger partial charge is 0.648 e. The zero-order valence-corrected chi connectivity index (χ0v) is 26.4. The van der Waals surface area contributed by atoms with Crippen LogP contribution in [0.25, 0.3) is 5.32 Å². The Morgan fingerprint density at radius 3 is 2.25 bits per heavy atom. The van der Waals surface area contributed by atoms with Crippen LogP contribution < -0.4 is 74.1 Å². The van der Waals surface area contributed by atoms with Gasteiger partial charge in [0.15, 0.2) is 0 Å². The van der Waals surface area contributed by atoms with Crippen molar-refractivity contribution >= 4 is 29.9 Å². The van der Waals surface area contributed by atoms with E-state index in [2.05, 4.69) is 21.3 Å². The molecule has 0 saturated carbocycles. The summed E-state index contributed by atoms with van der Waals surface area (Å²) in [6.07, 6.45) is 5.37.